The maximum atomic E-state index is 12.4. The molecule has 27 heavy (non-hydrogen) atoms. The molecule has 0 heterocycles. The predicted molar refractivity (Wildman–Crippen MR) is 104 cm³/mol. The zero-order valence-corrected chi connectivity index (χ0v) is 15.3. The Kier molecular flexibility index (Phi) is 6.04. The van der Waals surface area contributed by atoms with E-state index in [1.807, 2.05) is 42.5 Å². The van der Waals surface area contributed by atoms with E-state index in [9.17, 15) is 14.7 Å². The van der Waals surface area contributed by atoms with Crippen molar-refractivity contribution in [1.82, 2.24) is 10.6 Å². The van der Waals surface area contributed by atoms with Gasteiger partial charge in [0.25, 0.3) is 11.8 Å². The average molecular weight is 364 g/mol. The summed E-state index contributed by atoms with van der Waals surface area (Å²) < 4.78 is 0. The van der Waals surface area contributed by atoms with E-state index in [0.29, 0.717) is 24.0 Å². The van der Waals surface area contributed by atoms with Gasteiger partial charge in [0, 0.05) is 17.2 Å². The number of aliphatic hydroxyl groups is 1. The summed E-state index contributed by atoms with van der Waals surface area (Å²) in [4.78, 5) is 24.8. The molecule has 1 aliphatic rings. The van der Waals surface area contributed by atoms with Crippen LogP contribution in [0.5, 0.6) is 0 Å². The normalized spacial score (nSPS) is 20.3. The Labute approximate surface area is 159 Å². The highest BCUT2D eigenvalue weighted by molar-refractivity contribution is 5.95. The summed E-state index contributed by atoms with van der Waals surface area (Å²) in [5.41, 5.74) is 1.91. The van der Waals surface area contributed by atoms with Crippen LogP contribution in [0.1, 0.15) is 40.5 Å². The SMILES string of the molecule is C[C@H](O)C1=C[C@H](NC(=O)c2ccccc2)CC[C@@H]1NC(=O)c1ccccc1. The molecule has 0 aromatic heterocycles. The Morgan fingerprint density at radius 3 is 1.93 bits per heavy atom. The standard InChI is InChI=1S/C22H24N2O3/c1-15(25)19-14-18(23-21(26)16-8-4-2-5-9-16)12-13-20(19)24-22(27)17-10-6-3-7-11-17/h2-11,14-15,18,20,25H,12-13H2,1H3,(H,23,26)(H,24,27)/t15-,18+,20-/m0/s1. The van der Waals surface area contributed by atoms with Crippen molar-refractivity contribution in [2.45, 2.75) is 38.0 Å². The van der Waals surface area contributed by atoms with Crippen LogP contribution in [0.3, 0.4) is 0 Å². The van der Waals surface area contributed by atoms with Gasteiger partial charge in [0.2, 0.25) is 0 Å². The highest BCUT2D eigenvalue weighted by Crippen LogP contribution is 2.22. The van der Waals surface area contributed by atoms with Gasteiger partial charge >= 0.3 is 0 Å². The summed E-state index contributed by atoms with van der Waals surface area (Å²) >= 11 is 0. The summed E-state index contributed by atoms with van der Waals surface area (Å²) in [6.45, 7) is 1.68. The fraction of sp³-hybridized carbons (Fsp3) is 0.273. The van der Waals surface area contributed by atoms with E-state index < -0.39 is 6.10 Å². The minimum Gasteiger partial charge on any atom is -0.389 e. The zero-order chi connectivity index (χ0) is 19.2. The first-order valence-corrected chi connectivity index (χ1v) is 9.16. The van der Waals surface area contributed by atoms with Gasteiger partial charge in [-0.25, -0.2) is 0 Å². The Bertz CT molecular complexity index is 816. The Hall–Kier alpha value is -2.92. The molecule has 0 unspecified atom stereocenters. The van der Waals surface area contributed by atoms with Crippen molar-refractivity contribution in [1.29, 1.82) is 0 Å². The van der Waals surface area contributed by atoms with Gasteiger partial charge < -0.3 is 15.7 Å². The van der Waals surface area contributed by atoms with Crippen LogP contribution in [0.25, 0.3) is 0 Å². The van der Waals surface area contributed by atoms with Crippen molar-refractivity contribution in [2.75, 3.05) is 0 Å². The molecule has 0 radical (unpaired) electrons. The van der Waals surface area contributed by atoms with E-state index in [4.69, 9.17) is 0 Å². The quantitative estimate of drug-likeness (QED) is 0.714. The largest absolute Gasteiger partial charge is 0.389 e. The lowest BCUT2D eigenvalue weighted by Gasteiger charge is -2.31. The minimum absolute atomic E-state index is 0.145. The number of amides is 2. The second-order valence-corrected chi connectivity index (χ2v) is 6.76. The number of aliphatic hydroxyl groups excluding tert-OH is 1. The minimum atomic E-state index is -0.706. The molecule has 3 N–H and O–H groups in total. The van der Waals surface area contributed by atoms with Crippen molar-refractivity contribution < 1.29 is 14.7 Å². The van der Waals surface area contributed by atoms with Crippen molar-refractivity contribution in [2.24, 2.45) is 0 Å². The van der Waals surface area contributed by atoms with E-state index in [1.165, 1.54) is 0 Å². The van der Waals surface area contributed by atoms with Crippen LogP contribution in [-0.4, -0.2) is 35.1 Å². The number of benzene rings is 2. The summed E-state index contributed by atoms with van der Waals surface area (Å²) in [6, 6.07) is 17.6. The lowest BCUT2D eigenvalue weighted by molar-refractivity contribution is 0.0913. The van der Waals surface area contributed by atoms with Crippen LogP contribution >= 0.6 is 0 Å². The summed E-state index contributed by atoms with van der Waals surface area (Å²) in [7, 11) is 0. The summed E-state index contributed by atoms with van der Waals surface area (Å²) in [6.07, 6.45) is 2.50. The maximum absolute atomic E-state index is 12.4. The third kappa shape index (κ3) is 4.83. The molecule has 0 aliphatic heterocycles. The topological polar surface area (TPSA) is 78.4 Å². The molecule has 2 amide bonds. The second kappa shape index (κ2) is 8.64. The van der Waals surface area contributed by atoms with Gasteiger partial charge in [0.15, 0.2) is 0 Å². The lowest BCUT2D eigenvalue weighted by Crippen LogP contribution is -2.45. The molecule has 5 nitrogen and oxygen atoms in total. The molecule has 3 atom stereocenters. The first-order chi connectivity index (χ1) is 13.0. The van der Waals surface area contributed by atoms with Crippen LogP contribution in [0, 0.1) is 0 Å². The monoisotopic (exact) mass is 364 g/mol. The molecule has 0 bridgehead atoms. The third-order valence-electron chi connectivity index (χ3n) is 4.74. The lowest BCUT2D eigenvalue weighted by atomic mass is 9.87. The van der Waals surface area contributed by atoms with Gasteiger partial charge in [0.05, 0.1) is 12.1 Å². The van der Waals surface area contributed by atoms with Gasteiger partial charge in [0.1, 0.15) is 0 Å². The van der Waals surface area contributed by atoms with Crippen LogP contribution in [0.15, 0.2) is 72.3 Å². The van der Waals surface area contributed by atoms with E-state index in [1.54, 1.807) is 31.2 Å². The number of hydrogen-bond acceptors (Lipinski definition) is 3. The first kappa shape index (κ1) is 18.9. The molecule has 0 saturated carbocycles. The van der Waals surface area contributed by atoms with Gasteiger partial charge in [-0.3, -0.25) is 9.59 Å². The molecule has 140 valence electrons. The predicted octanol–water partition coefficient (Wildman–Crippen LogP) is 2.68. The highest BCUT2D eigenvalue weighted by Gasteiger charge is 2.28. The van der Waals surface area contributed by atoms with Crippen LogP contribution in [0.2, 0.25) is 0 Å². The summed E-state index contributed by atoms with van der Waals surface area (Å²) in [5.74, 6) is -0.313. The van der Waals surface area contributed by atoms with E-state index in [2.05, 4.69) is 10.6 Å². The zero-order valence-electron chi connectivity index (χ0n) is 15.3. The molecule has 0 fully saturated rings. The van der Waals surface area contributed by atoms with E-state index >= 15 is 0 Å². The first-order valence-electron chi connectivity index (χ1n) is 9.16. The van der Waals surface area contributed by atoms with Crippen molar-refractivity contribution in [3.05, 3.63) is 83.4 Å². The fourth-order valence-electron chi connectivity index (χ4n) is 3.32. The molecule has 0 spiro atoms. The maximum Gasteiger partial charge on any atom is 0.251 e. The van der Waals surface area contributed by atoms with Gasteiger partial charge in [-0.1, -0.05) is 42.5 Å². The number of hydrogen-bond donors (Lipinski definition) is 3. The van der Waals surface area contributed by atoms with Gasteiger partial charge in [-0.2, -0.15) is 0 Å². The van der Waals surface area contributed by atoms with Gasteiger partial charge in [-0.05, 0) is 49.6 Å². The van der Waals surface area contributed by atoms with Gasteiger partial charge in [-0.15, -0.1) is 0 Å². The van der Waals surface area contributed by atoms with Crippen molar-refractivity contribution in [3.63, 3.8) is 0 Å². The number of carbonyl (C=O) groups is 2. The van der Waals surface area contributed by atoms with Crippen LogP contribution < -0.4 is 10.6 Å². The molecule has 3 rings (SSSR count). The Morgan fingerprint density at radius 2 is 1.41 bits per heavy atom. The van der Waals surface area contributed by atoms with Crippen LogP contribution in [0.4, 0.5) is 0 Å². The second-order valence-electron chi connectivity index (χ2n) is 6.76. The fourth-order valence-corrected chi connectivity index (χ4v) is 3.32. The molecule has 2 aromatic rings. The molecular weight excluding hydrogens is 340 g/mol. The van der Waals surface area contributed by atoms with Crippen LogP contribution in [-0.2, 0) is 0 Å². The molecule has 5 heteroatoms. The molecule has 1 aliphatic carbocycles. The highest BCUT2D eigenvalue weighted by atomic mass is 16.3. The summed E-state index contributed by atoms with van der Waals surface area (Å²) in [5, 5.41) is 16.1. The Morgan fingerprint density at radius 1 is 0.889 bits per heavy atom. The Balaban J connectivity index is 1.69. The number of nitrogens with one attached hydrogen (secondary N) is 2. The van der Waals surface area contributed by atoms with E-state index in [-0.39, 0.29) is 23.9 Å². The third-order valence-corrected chi connectivity index (χ3v) is 4.74. The number of rotatable bonds is 5. The van der Waals surface area contributed by atoms with Crippen molar-refractivity contribution in [3.8, 4) is 0 Å². The number of carbonyl (C=O) groups excluding carboxylic acids is 2. The molecular formula is C22H24N2O3. The van der Waals surface area contributed by atoms with E-state index in [0.717, 1.165) is 5.57 Å². The van der Waals surface area contributed by atoms with Crippen molar-refractivity contribution >= 4 is 11.8 Å². The molecule has 2 aromatic carbocycles. The smallest absolute Gasteiger partial charge is 0.251 e. The molecule has 0 saturated heterocycles. The average Bonchev–Trinajstić information content (AvgIpc) is 2.70.